The molecule has 4 rings (SSSR count). The second-order valence-corrected chi connectivity index (χ2v) is 7.19. The van der Waals surface area contributed by atoms with E-state index in [1.165, 1.54) is 12.1 Å². The lowest BCUT2D eigenvalue weighted by Gasteiger charge is -2.35. The van der Waals surface area contributed by atoms with Crippen LogP contribution in [0.4, 0.5) is 10.2 Å². The first-order valence-electron chi connectivity index (χ1n) is 9.56. The van der Waals surface area contributed by atoms with Crippen molar-refractivity contribution in [1.29, 1.82) is 0 Å². The molecule has 1 aliphatic heterocycles. The van der Waals surface area contributed by atoms with Gasteiger partial charge in [0.05, 0.1) is 24.0 Å². The molecule has 152 valence electrons. The Balaban J connectivity index is 1.50. The Morgan fingerprint density at radius 3 is 2.86 bits per heavy atom. The number of aromatic nitrogens is 4. The fraction of sp³-hybridized carbons (Fsp3) is 0.350. The van der Waals surface area contributed by atoms with E-state index >= 15 is 0 Å². The van der Waals surface area contributed by atoms with Crippen molar-refractivity contribution in [3.8, 4) is 5.69 Å². The summed E-state index contributed by atoms with van der Waals surface area (Å²) < 4.78 is 16.8. The summed E-state index contributed by atoms with van der Waals surface area (Å²) in [7, 11) is 1.96. The second kappa shape index (κ2) is 8.14. The second-order valence-electron chi connectivity index (χ2n) is 7.19. The van der Waals surface area contributed by atoms with E-state index in [1.54, 1.807) is 29.1 Å². The number of carbonyl (C=O) groups is 1. The number of nitrogens with zero attached hydrogens (tertiary/aromatic N) is 5. The van der Waals surface area contributed by atoms with E-state index in [0.29, 0.717) is 11.5 Å². The lowest BCUT2D eigenvalue weighted by atomic mass is 10.1. The molecule has 1 atom stereocenters. The number of amides is 1. The number of piperazine rings is 1. The summed E-state index contributed by atoms with van der Waals surface area (Å²) in [5.74, 6) is 1.04. The summed E-state index contributed by atoms with van der Waals surface area (Å²) in [6.45, 7) is 4.41. The number of anilines is 1. The third-order valence-corrected chi connectivity index (χ3v) is 5.03. The van der Waals surface area contributed by atoms with Crippen LogP contribution >= 0.6 is 0 Å². The van der Waals surface area contributed by atoms with Crippen molar-refractivity contribution in [3.63, 3.8) is 0 Å². The van der Waals surface area contributed by atoms with Crippen molar-refractivity contribution in [2.45, 2.75) is 13.0 Å². The van der Waals surface area contributed by atoms with Crippen LogP contribution in [0, 0.1) is 12.7 Å². The van der Waals surface area contributed by atoms with Crippen LogP contribution in [0.1, 0.15) is 17.6 Å². The first-order valence-corrected chi connectivity index (χ1v) is 9.56. The predicted octanol–water partition coefficient (Wildman–Crippen LogP) is 1.64. The Labute approximate surface area is 168 Å². The maximum Gasteiger partial charge on any atom is 0.239 e. The van der Waals surface area contributed by atoms with Gasteiger partial charge < -0.3 is 15.2 Å². The number of imidazole rings is 1. The topological polar surface area (TPSA) is 80.0 Å². The highest BCUT2D eigenvalue weighted by Gasteiger charge is 2.28. The minimum atomic E-state index is -0.317. The molecule has 1 aromatic carbocycles. The molecular weight excluding hydrogens is 373 g/mol. The standard InChI is InChI=1S/C20H24FN7O/c1-14-11-18(28(25-14)16-5-3-15(21)4-6-16)24-19(29)13-27-10-7-22-12-17(27)20-23-8-9-26(20)2/h3-6,8-9,11,17,22H,7,10,12-13H2,1-2H3,(H,24,29). The van der Waals surface area contributed by atoms with E-state index in [-0.39, 0.29) is 24.3 Å². The van der Waals surface area contributed by atoms with Crippen molar-refractivity contribution in [2.24, 2.45) is 7.05 Å². The van der Waals surface area contributed by atoms with E-state index < -0.39 is 0 Å². The van der Waals surface area contributed by atoms with Gasteiger partial charge in [-0.25, -0.2) is 14.1 Å². The molecule has 1 fully saturated rings. The number of halogens is 1. The van der Waals surface area contributed by atoms with Gasteiger partial charge >= 0.3 is 0 Å². The normalized spacial score (nSPS) is 17.4. The molecule has 2 aromatic heterocycles. The largest absolute Gasteiger partial charge is 0.337 e. The zero-order valence-corrected chi connectivity index (χ0v) is 16.5. The van der Waals surface area contributed by atoms with Crippen molar-refractivity contribution in [1.82, 2.24) is 29.5 Å². The lowest BCUT2D eigenvalue weighted by molar-refractivity contribution is -0.118. The van der Waals surface area contributed by atoms with Gasteiger partial charge in [0.2, 0.25) is 5.91 Å². The molecule has 29 heavy (non-hydrogen) atoms. The Hall–Kier alpha value is -3.04. The van der Waals surface area contributed by atoms with Gasteiger partial charge in [-0.15, -0.1) is 0 Å². The fourth-order valence-electron chi connectivity index (χ4n) is 3.62. The lowest BCUT2D eigenvalue weighted by Crippen LogP contribution is -2.49. The number of aryl methyl sites for hydroxylation is 2. The molecule has 1 saturated heterocycles. The zero-order valence-electron chi connectivity index (χ0n) is 16.5. The Morgan fingerprint density at radius 1 is 1.34 bits per heavy atom. The summed E-state index contributed by atoms with van der Waals surface area (Å²) in [5.41, 5.74) is 1.44. The van der Waals surface area contributed by atoms with Crippen LogP contribution in [0.3, 0.4) is 0 Å². The molecule has 8 nitrogen and oxygen atoms in total. The van der Waals surface area contributed by atoms with Gasteiger partial charge in [-0.3, -0.25) is 9.69 Å². The summed E-state index contributed by atoms with van der Waals surface area (Å²) in [6.07, 6.45) is 3.68. The number of carbonyl (C=O) groups excluding carboxylic acids is 1. The highest BCUT2D eigenvalue weighted by Crippen LogP contribution is 2.21. The summed E-state index contributed by atoms with van der Waals surface area (Å²) in [4.78, 5) is 19.4. The van der Waals surface area contributed by atoms with Gasteiger partial charge in [0.1, 0.15) is 17.5 Å². The van der Waals surface area contributed by atoms with Gasteiger partial charge in [-0.05, 0) is 31.2 Å². The van der Waals surface area contributed by atoms with E-state index in [4.69, 9.17) is 0 Å². The Kier molecular flexibility index (Phi) is 5.41. The molecule has 0 radical (unpaired) electrons. The number of benzene rings is 1. The van der Waals surface area contributed by atoms with Gasteiger partial charge in [-0.1, -0.05) is 0 Å². The van der Waals surface area contributed by atoms with E-state index in [0.717, 1.165) is 31.2 Å². The van der Waals surface area contributed by atoms with E-state index in [1.807, 2.05) is 24.7 Å². The number of nitrogens with one attached hydrogen (secondary N) is 2. The van der Waals surface area contributed by atoms with Crippen LogP contribution in [0.25, 0.3) is 5.69 Å². The van der Waals surface area contributed by atoms with Crippen LogP contribution < -0.4 is 10.6 Å². The number of hydrogen-bond donors (Lipinski definition) is 2. The minimum absolute atomic E-state index is 0.0262. The Morgan fingerprint density at radius 2 is 2.14 bits per heavy atom. The third-order valence-electron chi connectivity index (χ3n) is 5.03. The van der Waals surface area contributed by atoms with E-state index in [2.05, 4.69) is 25.6 Å². The van der Waals surface area contributed by atoms with Gasteiger partial charge in [0, 0.05) is 45.1 Å². The molecule has 0 bridgehead atoms. The van der Waals surface area contributed by atoms with Crippen molar-refractivity contribution < 1.29 is 9.18 Å². The number of rotatable bonds is 5. The molecule has 0 aliphatic carbocycles. The van der Waals surface area contributed by atoms with Crippen LogP contribution in [-0.4, -0.2) is 56.3 Å². The molecule has 0 saturated carbocycles. The van der Waals surface area contributed by atoms with Gasteiger partial charge in [0.25, 0.3) is 0 Å². The van der Waals surface area contributed by atoms with Crippen LogP contribution in [-0.2, 0) is 11.8 Å². The summed E-state index contributed by atoms with van der Waals surface area (Å²) in [5, 5.41) is 10.7. The predicted molar refractivity (Wildman–Crippen MR) is 107 cm³/mol. The summed E-state index contributed by atoms with van der Waals surface area (Å²) in [6, 6.07) is 7.83. The molecule has 3 aromatic rings. The Bertz CT molecular complexity index is 995. The van der Waals surface area contributed by atoms with Gasteiger partial charge in [-0.2, -0.15) is 5.10 Å². The SMILES string of the molecule is Cc1cc(NC(=O)CN2CCNCC2c2nccn2C)n(-c2ccc(F)cc2)n1. The molecule has 1 unspecified atom stereocenters. The third kappa shape index (κ3) is 4.20. The molecule has 1 aliphatic rings. The molecule has 0 spiro atoms. The number of hydrogen-bond acceptors (Lipinski definition) is 5. The smallest absolute Gasteiger partial charge is 0.239 e. The van der Waals surface area contributed by atoms with Crippen molar-refractivity contribution in [2.75, 3.05) is 31.5 Å². The molecule has 3 heterocycles. The minimum Gasteiger partial charge on any atom is -0.337 e. The average molecular weight is 397 g/mol. The summed E-state index contributed by atoms with van der Waals surface area (Å²) >= 11 is 0. The highest BCUT2D eigenvalue weighted by molar-refractivity contribution is 5.91. The highest BCUT2D eigenvalue weighted by atomic mass is 19.1. The zero-order chi connectivity index (χ0) is 20.4. The average Bonchev–Trinajstić information content (AvgIpc) is 3.28. The molecule has 1 amide bonds. The molecular formula is C20H24FN7O. The van der Waals surface area contributed by atoms with Crippen molar-refractivity contribution >= 4 is 11.7 Å². The first kappa shape index (κ1) is 19.3. The van der Waals surface area contributed by atoms with Gasteiger partial charge in [0.15, 0.2) is 0 Å². The molecule has 9 heteroatoms. The molecule has 2 N–H and O–H groups in total. The monoisotopic (exact) mass is 397 g/mol. The first-order chi connectivity index (χ1) is 14.0. The van der Waals surface area contributed by atoms with Crippen LogP contribution in [0.15, 0.2) is 42.7 Å². The quantitative estimate of drug-likeness (QED) is 0.684. The van der Waals surface area contributed by atoms with E-state index in [9.17, 15) is 9.18 Å². The van der Waals surface area contributed by atoms with Crippen LogP contribution in [0.2, 0.25) is 0 Å². The maximum atomic E-state index is 13.2. The van der Waals surface area contributed by atoms with Crippen LogP contribution in [0.5, 0.6) is 0 Å². The maximum absolute atomic E-state index is 13.2. The fourth-order valence-corrected chi connectivity index (χ4v) is 3.62. The van der Waals surface area contributed by atoms with Crippen molar-refractivity contribution in [3.05, 3.63) is 60.1 Å².